The number of anilines is 1. The average Bonchev–Trinajstić information content (AvgIpc) is 3.09. The Morgan fingerprint density at radius 2 is 1.66 bits per heavy atom. The number of nitrogens with zero attached hydrogens (tertiary/aromatic N) is 4. The quantitative estimate of drug-likeness (QED) is 0.513. The number of carbonyl (C=O) groups is 2. The summed E-state index contributed by atoms with van der Waals surface area (Å²) >= 11 is 0. The zero-order valence-electron chi connectivity index (χ0n) is 21.3. The van der Waals surface area contributed by atoms with Crippen LogP contribution in [-0.2, 0) is 33.1 Å². The number of hydrogen-bond acceptors (Lipinski definition) is 5. The van der Waals surface area contributed by atoms with E-state index in [1.54, 1.807) is 25.2 Å². The van der Waals surface area contributed by atoms with Gasteiger partial charge in [0.1, 0.15) is 5.82 Å². The van der Waals surface area contributed by atoms with Gasteiger partial charge in [-0.2, -0.15) is 0 Å². The molecule has 2 amide bonds. The number of amides is 2. The van der Waals surface area contributed by atoms with Gasteiger partial charge in [-0.3, -0.25) is 9.59 Å². The summed E-state index contributed by atoms with van der Waals surface area (Å²) < 4.78 is 27.9. The van der Waals surface area contributed by atoms with Crippen molar-refractivity contribution in [1.82, 2.24) is 18.8 Å². The molecule has 0 saturated heterocycles. The number of nitrogens with one attached hydrogen (secondary N) is 1. The van der Waals surface area contributed by atoms with E-state index in [-0.39, 0.29) is 29.7 Å². The summed E-state index contributed by atoms with van der Waals surface area (Å²) in [4.78, 5) is 31.4. The molecular formula is C25H33N5O4S. The van der Waals surface area contributed by atoms with Crippen molar-refractivity contribution in [3.63, 3.8) is 0 Å². The maximum Gasteiger partial charge on any atom is 0.243 e. The minimum atomic E-state index is -3.57. The number of likely N-dealkylation sites (N-methyl/N-ethyl adjacent to an activating group) is 1. The number of sulfonamides is 1. The Hall–Kier alpha value is -3.24. The first-order valence-corrected chi connectivity index (χ1v) is 12.7. The van der Waals surface area contributed by atoms with Crippen LogP contribution in [0.3, 0.4) is 0 Å². The van der Waals surface area contributed by atoms with Crippen LogP contribution in [0.25, 0.3) is 11.0 Å². The van der Waals surface area contributed by atoms with Crippen molar-refractivity contribution >= 4 is 38.6 Å². The minimum Gasteiger partial charge on any atom is -0.336 e. The van der Waals surface area contributed by atoms with Gasteiger partial charge in [-0.25, -0.2) is 17.7 Å². The van der Waals surface area contributed by atoms with Crippen molar-refractivity contribution in [2.24, 2.45) is 7.05 Å². The number of imidazole rings is 1. The van der Waals surface area contributed by atoms with Gasteiger partial charge < -0.3 is 14.8 Å². The van der Waals surface area contributed by atoms with Crippen molar-refractivity contribution in [3.8, 4) is 0 Å². The molecule has 1 heterocycles. The van der Waals surface area contributed by atoms with E-state index in [1.165, 1.54) is 19.0 Å². The monoisotopic (exact) mass is 499 g/mol. The lowest BCUT2D eigenvalue weighted by Gasteiger charge is -2.18. The van der Waals surface area contributed by atoms with Crippen molar-refractivity contribution in [2.45, 2.75) is 38.5 Å². The largest absolute Gasteiger partial charge is 0.336 e. The zero-order chi connectivity index (χ0) is 26.1. The van der Waals surface area contributed by atoms with Crippen LogP contribution < -0.4 is 5.32 Å². The van der Waals surface area contributed by atoms with Gasteiger partial charge >= 0.3 is 0 Å². The number of aryl methyl sites for hydroxylation is 5. The smallest absolute Gasteiger partial charge is 0.243 e. The van der Waals surface area contributed by atoms with Gasteiger partial charge in [-0.1, -0.05) is 17.7 Å². The number of fused-ring (bicyclic) bond motifs is 1. The van der Waals surface area contributed by atoms with Gasteiger partial charge in [0.2, 0.25) is 21.8 Å². The molecule has 188 valence electrons. The highest BCUT2D eigenvalue weighted by atomic mass is 32.2. The van der Waals surface area contributed by atoms with Crippen molar-refractivity contribution < 1.29 is 18.0 Å². The van der Waals surface area contributed by atoms with Crippen molar-refractivity contribution in [2.75, 3.05) is 33.0 Å². The lowest BCUT2D eigenvalue weighted by molar-refractivity contribution is -0.133. The molecule has 9 nitrogen and oxygen atoms in total. The van der Waals surface area contributed by atoms with E-state index in [2.05, 4.69) is 10.3 Å². The first-order chi connectivity index (χ1) is 16.3. The Morgan fingerprint density at radius 3 is 2.26 bits per heavy atom. The normalized spacial score (nSPS) is 11.8. The molecule has 0 aliphatic heterocycles. The summed E-state index contributed by atoms with van der Waals surface area (Å²) in [6, 6.07) is 8.83. The molecule has 1 aromatic heterocycles. The second-order valence-electron chi connectivity index (χ2n) is 9.10. The second-order valence-corrected chi connectivity index (χ2v) is 11.2. The van der Waals surface area contributed by atoms with Gasteiger partial charge in [0.05, 0.1) is 22.5 Å². The fourth-order valence-corrected chi connectivity index (χ4v) is 5.02. The SMILES string of the molecule is Cc1cc(C)c(NC(=O)CN(C)C(=O)CCc2nc3cc(S(=O)(=O)N(C)C)ccc3n2C)c(C)c1. The van der Waals surface area contributed by atoms with Crippen LogP contribution in [0.2, 0.25) is 0 Å². The standard InChI is InChI=1S/C25H33N5O4S/c1-16-12-17(2)25(18(3)13-16)27-23(31)15-29(6)24(32)11-10-22-26-20-14-19(35(33,34)28(4)5)8-9-21(20)30(22)7/h8-9,12-14H,10-11,15H2,1-7H3,(H,27,31). The summed E-state index contributed by atoms with van der Waals surface area (Å²) in [6.07, 6.45) is 0.536. The zero-order valence-corrected chi connectivity index (χ0v) is 22.2. The minimum absolute atomic E-state index is 0.0557. The second kappa shape index (κ2) is 10.2. The molecule has 0 saturated carbocycles. The van der Waals surface area contributed by atoms with E-state index >= 15 is 0 Å². The number of rotatable bonds is 8. The van der Waals surface area contributed by atoms with Crippen LogP contribution in [0.1, 0.15) is 28.9 Å². The first kappa shape index (κ1) is 26.4. The molecule has 0 spiro atoms. The Kier molecular flexibility index (Phi) is 7.66. The van der Waals surface area contributed by atoms with E-state index in [9.17, 15) is 18.0 Å². The predicted octanol–water partition coefficient (Wildman–Crippen LogP) is 2.78. The van der Waals surface area contributed by atoms with Crippen LogP contribution in [-0.4, -0.2) is 66.7 Å². The molecule has 1 N–H and O–H groups in total. The van der Waals surface area contributed by atoms with Gasteiger partial charge in [0.15, 0.2) is 0 Å². The highest BCUT2D eigenvalue weighted by molar-refractivity contribution is 7.89. The fourth-order valence-electron chi connectivity index (χ4n) is 4.09. The van der Waals surface area contributed by atoms with E-state index < -0.39 is 10.0 Å². The first-order valence-electron chi connectivity index (χ1n) is 11.3. The molecule has 0 unspecified atom stereocenters. The molecule has 3 rings (SSSR count). The maximum atomic E-state index is 12.7. The number of aromatic nitrogens is 2. The van der Waals surface area contributed by atoms with Crippen LogP contribution in [0, 0.1) is 20.8 Å². The summed E-state index contributed by atoms with van der Waals surface area (Å²) in [5.74, 6) is 0.227. The van der Waals surface area contributed by atoms with Crippen LogP contribution in [0.5, 0.6) is 0 Å². The molecule has 3 aromatic rings. The van der Waals surface area contributed by atoms with Crippen molar-refractivity contribution in [3.05, 3.63) is 52.8 Å². The third-order valence-electron chi connectivity index (χ3n) is 6.03. The van der Waals surface area contributed by atoms with Gasteiger partial charge in [-0.05, 0) is 50.1 Å². The van der Waals surface area contributed by atoms with Crippen molar-refractivity contribution in [1.29, 1.82) is 0 Å². The van der Waals surface area contributed by atoms with E-state index in [0.717, 1.165) is 32.2 Å². The summed E-state index contributed by atoms with van der Waals surface area (Å²) in [5.41, 5.74) is 5.19. The Bertz CT molecular complexity index is 1370. The average molecular weight is 500 g/mol. The molecule has 0 radical (unpaired) electrons. The molecule has 0 aliphatic rings. The summed E-state index contributed by atoms with van der Waals surface area (Å²) in [7, 11) is 2.83. The number of hydrogen-bond donors (Lipinski definition) is 1. The third kappa shape index (κ3) is 5.71. The molecule has 0 aliphatic carbocycles. The summed E-state index contributed by atoms with van der Waals surface area (Å²) in [5, 5.41) is 2.92. The van der Waals surface area contributed by atoms with E-state index in [4.69, 9.17) is 0 Å². The Balaban J connectivity index is 1.65. The van der Waals surface area contributed by atoms with Crippen LogP contribution >= 0.6 is 0 Å². The maximum absolute atomic E-state index is 12.7. The third-order valence-corrected chi connectivity index (χ3v) is 7.85. The van der Waals surface area contributed by atoms with E-state index in [1.807, 2.05) is 44.5 Å². The topological polar surface area (TPSA) is 105 Å². The highest BCUT2D eigenvalue weighted by Crippen LogP contribution is 2.23. The fraction of sp³-hybridized carbons (Fsp3) is 0.400. The highest BCUT2D eigenvalue weighted by Gasteiger charge is 2.20. The van der Waals surface area contributed by atoms with Crippen LogP contribution in [0.4, 0.5) is 5.69 Å². The van der Waals surface area contributed by atoms with E-state index in [0.29, 0.717) is 17.8 Å². The molecule has 0 atom stereocenters. The molecule has 0 fully saturated rings. The molecular weight excluding hydrogens is 466 g/mol. The Morgan fingerprint density at radius 1 is 1.03 bits per heavy atom. The number of carbonyl (C=O) groups excluding carboxylic acids is 2. The molecule has 2 aromatic carbocycles. The van der Waals surface area contributed by atoms with Crippen LogP contribution in [0.15, 0.2) is 35.2 Å². The van der Waals surface area contributed by atoms with Gasteiger partial charge in [0, 0.05) is 46.7 Å². The molecule has 10 heteroatoms. The summed E-state index contributed by atoms with van der Waals surface area (Å²) in [6.45, 7) is 5.84. The lowest BCUT2D eigenvalue weighted by atomic mass is 10.1. The lowest BCUT2D eigenvalue weighted by Crippen LogP contribution is -2.35. The Labute approximate surface area is 206 Å². The molecule has 0 bridgehead atoms. The van der Waals surface area contributed by atoms with Gasteiger partial charge in [-0.15, -0.1) is 0 Å². The van der Waals surface area contributed by atoms with Gasteiger partial charge in [0.25, 0.3) is 0 Å². The predicted molar refractivity (Wildman–Crippen MR) is 137 cm³/mol. The molecule has 35 heavy (non-hydrogen) atoms. The number of benzene rings is 2.